The van der Waals surface area contributed by atoms with Crippen molar-refractivity contribution in [2.24, 2.45) is 0 Å². The van der Waals surface area contributed by atoms with Crippen LogP contribution in [0.4, 0.5) is 0 Å². The summed E-state index contributed by atoms with van der Waals surface area (Å²) in [6.07, 6.45) is 13.4. The monoisotopic (exact) mass is 651 g/mol. The first kappa shape index (κ1) is 40.7. The van der Waals surface area contributed by atoms with Gasteiger partial charge in [0.05, 0.1) is 0 Å². The van der Waals surface area contributed by atoms with Crippen molar-refractivity contribution in [2.75, 3.05) is 0 Å². The van der Waals surface area contributed by atoms with Gasteiger partial charge in [0.25, 0.3) is 0 Å². The van der Waals surface area contributed by atoms with Gasteiger partial charge in [-0.25, -0.2) is 0 Å². The van der Waals surface area contributed by atoms with Crippen LogP contribution >= 0.6 is 0 Å². The molecule has 2 aromatic rings. The fourth-order valence-electron chi connectivity index (χ4n) is 3.86. The van der Waals surface area contributed by atoms with Gasteiger partial charge in [0.15, 0.2) is 0 Å². The van der Waals surface area contributed by atoms with E-state index >= 15 is 0 Å². The minimum absolute atomic E-state index is 0. The first-order valence-electron chi connectivity index (χ1n) is 12.3. The number of benzene rings is 2. The zero-order valence-corrected chi connectivity index (χ0v) is 31.5. The van der Waals surface area contributed by atoms with Crippen LogP contribution in [0.5, 0.6) is 0 Å². The van der Waals surface area contributed by atoms with Crippen molar-refractivity contribution in [1.29, 1.82) is 0 Å². The van der Waals surface area contributed by atoms with E-state index in [4.69, 9.17) is 12.8 Å². The second kappa shape index (κ2) is 21.3. The van der Waals surface area contributed by atoms with E-state index in [1.165, 1.54) is 59.2 Å². The molecule has 0 heterocycles. The van der Waals surface area contributed by atoms with E-state index in [1.54, 1.807) is 0 Å². The van der Waals surface area contributed by atoms with Gasteiger partial charge in [0.1, 0.15) is 0 Å². The Balaban J connectivity index is 0. The van der Waals surface area contributed by atoms with E-state index in [0.29, 0.717) is 0 Å². The Morgan fingerprint density at radius 2 is 0.526 bits per heavy atom. The van der Waals surface area contributed by atoms with Crippen LogP contribution in [0.3, 0.4) is 0 Å². The maximum Gasteiger partial charge on any atom is 1.00 e. The fourth-order valence-corrected chi connectivity index (χ4v) is 3.86. The van der Waals surface area contributed by atoms with Gasteiger partial charge in [-0.05, 0) is 59.2 Å². The molecule has 0 nitrogen and oxygen atoms in total. The molecule has 0 bridgehead atoms. The van der Waals surface area contributed by atoms with Gasteiger partial charge in [-0.3, -0.25) is 11.8 Å². The molecule has 2 aliphatic rings. The van der Waals surface area contributed by atoms with Gasteiger partial charge in [0.2, 0.25) is 0 Å². The van der Waals surface area contributed by atoms with E-state index in [1.807, 2.05) is 60.7 Å². The minimum atomic E-state index is 0. The average Bonchev–Trinajstić information content (AvgIpc) is 3.20. The summed E-state index contributed by atoms with van der Waals surface area (Å²) in [5.41, 5.74) is 1.65. The first-order valence-corrected chi connectivity index (χ1v) is 12.3. The summed E-state index contributed by atoms with van der Waals surface area (Å²) in [5, 5.41) is 0. The molecule has 0 amide bonds. The molecule has 2 saturated carbocycles. The quantitative estimate of drug-likeness (QED) is 0.181. The summed E-state index contributed by atoms with van der Waals surface area (Å²) in [6, 6.07) is 18.7. The third-order valence-electron chi connectivity index (χ3n) is 7.46. The molecule has 38 heavy (non-hydrogen) atoms. The molecule has 190 valence electrons. The Kier molecular flexibility index (Phi) is 22.8. The summed E-state index contributed by atoms with van der Waals surface area (Å²) in [5.74, 6) is 19.2. The number of rotatable bonds is 0. The molecule has 0 saturated heterocycles. The zero-order valence-electron chi connectivity index (χ0n) is 25.3. The Morgan fingerprint density at radius 3 is 0.632 bits per heavy atom. The zero-order chi connectivity index (χ0) is 27.4. The van der Waals surface area contributed by atoms with E-state index in [2.05, 4.69) is 81.1 Å². The predicted octanol–water partition coefficient (Wildman–Crippen LogP) is 6.20. The topological polar surface area (TPSA) is 0 Å². The van der Waals surface area contributed by atoms with Gasteiger partial charge in [-0.2, -0.15) is 0 Å². The maximum absolute atomic E-state index is 6.69. The maximum atomic E-state index is 6.69. The molecule has 0 spiro atoms. The van der Waals surface area contributed by atoms with Crippen molar-refractivity contribution in [3.63, 3.8) is 0 Å². The molecule has 0 N–H and O–H groups in total. The molecular weight excluding hydrogens is 612 g/mol. The molecule has 0 aliphatic heterocycles. The van der Waals surface area contributed by atoms with Crippen molar-refractivity contribution < 1.29 is 93.1 Å². The standard InChI is InChI=1S/2C10H15.2C8H5.Ce.K/c2*1-6-7(2)9(4)10(5)8(6)3;2*1-2-8-6-4-3-5-7-8;;/h2*1-5H3;2*3-7H;;/q;;2*-1;;+1. The number of hydrogen-bond donors (Lipinski definition) is 0. The average molecular weight is 652 g/mol. The van der Waals surface area contributed by atoms with Crippen molar-refractivity contribution in [3.8, 4) is 11.8 Å². The molecule has 0 aromatic heterocycles. The van der Waals surface area contributed by atoms with Crippen molar-refractivity contribution >= 4 is 0 Å². The van der Waals surface area contributed by atoms with Crippen molar-refractivity contribution in [2.45, 2.75) is 69.2 Å². The molecule has 4 rings (SSSR count). The molecule has 2 heteroatoms. The minimum Gasteiger partial charge on any atom is -0.366 e. The Labute approximate surface area is 313 Å². The van der Waals surface area contributed by atoms with E-state index < -0.39 is 0 Å². The van der Waals surface area contributed by atoms with Crippen LogP contribution in [-0.2, 0) is 0 Å². The second-order valence-electron chi connectivity index (χ2n) is 9.23. The summed E-state index contributed by atoms with van der Waals surface area (Å²) in [4.78, 5) is 0. The van der Waals surface area contributed by atoms with Crippen LogP contribution < -0.4 is 51.4 Å². The van der Waals surface area contributed by atoms with E-state index in [-0.39, 0.29) is 93.1 Å². The second-order valence-corrected chi connectivity index (χ2v) is 9.23. The predicted molar refractivity (Wildman–Crippen MR) is 155 cm³/mol. The SMILES string of the molecule is C[C]1[C](C)[C](C)[C](C)[C]1C.C[C]1[C](C)[C](C)[C](C)[C]1C.[C-]#Cc1ccccc1.[C-]#Cc1ccccc1.[Ce].[K+]. The summed E-state index contributed by atoms with van der Waals surface area (Å²) < 4.78 is 0. The molecular formula is C36H40CeK-. The normalized spacial score (nSPS) is 18.3. The van der Waals surface area contributed by atoms with Crippen LogP contribution in [0, 0.1) is 126 Å². The smallest absolute Gasteiger partial charge is 0.366 e. The van der Waals surface area contributed by atoms with Gasteiger partial charge in [-0.15, -0.1) is 35.4 Å². The third-order valence-corrected chi connectivity index (χ3v) is 7.46. The summed E-state index contributed by atoms with van der Waals surface area (Å²) >= 11 is 0. The fraction of sp³-hybridized carbons (Fsp3) is 0.278. The molecule has 10 radical (unpaired) electrons. The van der Waals surface area contributed by atoms with Crippen molar-refractivity contribution in [3.05, 3.63) is 144 Å². The van der Waals surface area contributed by atoms with Crippen LogP contribution in [0.25, 0.3) is 0 Å². The Morgan fingerprint density at radius 1 is 0.368 bits per heavy atom. The van der Waals surface area contributed by atoms with Gasteiger partial charge >= 0.3 is 51.4 Å². The molecule has 0 atom stereocenters. The molecule has 2 aliphatic carbocycles. The van der Waals surface area contributed by atoms with Crippen molar-refractivity contribution in [1.82, 2.24) is 0 Å². The molecule has 0 unspecified atom stereocenters. The molecule has 2 aromatic carbocycles. The van der Waals surface area contributed by atoms with Gasteiger partial charge in [0, 0.05) is 41.7 Å². The van der Waals surface area contributed by atoms with Crippen LogP contribution in [-0.4, -0.2) is 0 Å². The molecule has 2 fully saturated rings. The van der Waals surface area contributed by atoms with Crippen LogP contribution in [0.1, 0.15) is 80.4 Å². The van der Waals surface area contributed by atoms with Gasteiger partial charge < -0.3 is 12.8 Å². The summed E-state index contributed by atoms with van der Waals surface area (Å²) in [6.45, 7) is 22.0. The Bertz CT molecular complexity index is 772. The van der Waals surface area contributed by atoms with Crippen LogP contribution in [0.2, 0.25) is 0 Å². The summed E-state index contributed by atoms with van der Waals surface area (Å²) in [7, 11) is 0. The van der Waals surface area contributed by atoms with Crippen LogP contribution in [0.15, 0.2) is 60.7 Å². The van der Waals surface area contributed by atoms with Gasteiger partial charge in [-0.1, -0.05) is 106 Å². The third kappa shape index (κ3) is 12.6. The Hall–Kier alpha value is 0.573. The largest absolute Gasteiger partial charge is 1.00 e. The number of hydrogen-bond acceptors (Lipinski definition) is 0. The van der Waals surface area contributed by atoms with E-state index in [9.17, 15) is 0 Å². The van der Waals surface area contributed by atoms with E-state index in [0.717, 1.165) is 11.1 Å². The first-order chi connectivity index (χ1) is 17.0.